The van der Waals surface area contributed by atoms with Gasteiger partial charge in [-0.15, -0.1) is 0 Å². The first kappa shape index (κ1) is 12.2. The number of nitrogens with one attached hydrogen (secondary N) is 1. The molecule has 2 aliphatic carbocycles. The van der Waals surface area contributed by atoms with E-state index in [2.05, 4.69) is 10.2 Å². The Hall–Kier alpha value is -0.610. The molecule has 19 heavy (non-hydrogen) atoms. The molecule has 0 spiro atoms. The molecule has 0 aromatic heterocycles. The maximum atomic E-state index is 11.6. The third kappa shape index (κ3) is 1.91. The third-order valence-corrected chi connectivity index (χ3v) is 6.24. The maximum absolute atomic E-state index is 11.6. The van der Waals surface area contributed by atoms with Crippen molar-refractivity contribution in [3.8, 4) is 0 Å². The van der Waals surface area contributed by atoms with Gasteiger partial charge in [-0.1, -0.05) is 0 Å². The van der Waals surface area contributed by atoms with Crippen LogP contribution in [0.1, 0.15) is 32.1 Å². The summed E-state index contributed by atoms with van der Waals surface area (Å²) in [6.07, 6.45) is 6.05. The van der Waals surface area contributed by atoms with Crippen LogP contribution in [0.4, 0.5) is 0 Å². The molecule has 0 amide bonds. The Kier molecular flexibility index (Phi) is 2.85. The van der Waals surface area contributed by atoms with Crippen molar-refractivity contribution in [3.05, 3.63) is 0 Å². The highest BCUT2D eigenvalue weighted by molar-refractivity contribution is 5.72. The fraction of sp³-hybridized carbons (Fsp3) is 0.933. The summed E-state index contributed by atoms with van der Waals surface area (Å²) >= 11 is 0. The van der Waals surface area contributed by atoms with Crippen LogP contribution in [-0.4, -0.2) is 47.7 Å². The van der Waals surface area contributed by atoms with E-state index in [9.17, 15) is 9.90 Å². The summed E-state index contributed by atoms with van der Waals surface area (Å²) < 4.78 is 0. The van der Waals surface area contributed by atoms with Gasteiger partial charge in [-0.2, -0.15) is 0 Å². The van der Waals surface area contributed by atoms with Gasteiger partial charge in [-0.25, -0.2) is 0 Å². The number of aliphatic carboxylic acids is 1. The molecule has 4 nitrogen and oxygen atoms in total. The van der Waals surface area contributed by atoms with E-state index in [1.54, 1.807) is 0 Å². The Labute approximate surface area is 114 Å². The molecule has 4 fully saturated rings. The molecular weight excluding hydrogens is 240 g/mol. The van der Waals surface area contributed by atoms with Crippen molar-refractivity contribution in [2.45, 2.75) is 44.2 Å². The van der Waals surface area contributed by atoms with Gasteiger partial charge in [0.1, 0.15) is 0 Å². The smallest absolute Gasteiger partial charge is 0.308 e. The van der Waals surface area contributed by atoms with Crippen molar-refractivity contribution >= 4 is 5.97 Å². The lowest BCUT2D eigenvalue weighted by Crippen LogP contribution is -2.53. The first-order valence-corrected chi connectivity index (χ1v) is 7.93. The number of fused-ring (bicyclic) bond motifs is 4. The number of carboxylic acids is 1. The number of hydrogen-bond acceptors (Lipinski definition) is 3. The van der Waals surface area contributed by atoms with E-state index in [1.165, 1.54) is 38.9 Å². The summed E-state index contributed by atoms with van der Waals surface area (Å²) in [5, 5.41) is 13.3. The summed E-state index contributed by atoms with van der Waals surface area (Å²) in [6, 6.07) is 0.832. The Morgan fingerprint density at radius 1 is 1.05 bits per heavy atom. The van der Waals surface area contributed by atoms with Gasteiger partial charge in [-0.3, -0.25) is 4.79 Å². The van der Waals surface area contributed by atoms with Crippen molar-refractivity contribution in [2.24, 2.45) is 23.7 Å². The summed E-state index contributed by atoms with van der Waals surface area (Å²) in [7, 11) is 0. The molecule has 2 heterocycles. The molecule has 4 rings (SSSR count). The van der Waals surface area contributed by atoms with Crippen LogP contribution in [0.5, 0.6) is 0 Å². The fourth-order valence-corrected chi connectivity index (χ4v) is 5.30. The second-order valence-corrected chi connectivity index (χ2v) is 7.13. The molecule has 2 N–H and O–H groups in total. The highest BCUT2D eigenvalue weighted by Crippen LogP contribution is 2.49. The normalized spacial score (nSPS) is 51.7. The summed E-state index contributed by atoms with van der Waals surface area (Å²) in [5.41, 5.74) is 0. The minimum Gasteiger partial charge on any atom is -0.481 e. The van der Waals surface area contributed by atoms with Crippen LogP contribution in [0.25, 0.3) is 0 Å². The molecule has 7 unspecified atom stereocenters. The minimum atomic E-state index is -0.562. The van der Waals surface area contributed by atoms with E-state index in [1.807, 2.05) is 0 Å². The second-order valence-electron chi connectivity index (χ2n) is 7.13. The minimum absolute atomic E-state index is 0.113. The average Bonchev–Trinajstić information content (AvgIpc) is 3.07. The summed E-state index contributed by atoms with van der Waals surface area (Å²) in [6.45, 7) is 3.69. The van der Waals surface area contributed by atoms with Crippen LogP contribution >= 0.6 is 0 Å². The van der Waals surface area contributed by atoms with Crippen LogP contribution in [-0.2, 0) is 4.79 Å². The second kappa shape index (κ2) is 4.45. The van der Waals surface area contributed by atoms with Crippen LogP contribution in [0.3, 0.4) is 0 Å². The van der Waals surface area contributed by atoms with Gasteiger partial charge in [-0.05, 0) is 62.9 Å². The zero-order valence-corrected chi connectivity index (χ0v) is 11.4. The highest BCUT2D eigenvalue weighted by Gasteiger charge is 2.52. The Morgan fingerprint density at radius 2 is 1.84 bits per heavy atom. The zero-order chi connectivity index (χ0) is 13.0. The van der Waals surface area contributed by atoms with E-state index in [-0.39, 0.29) is 12.0 Å². The average molecular weight is 264 g/mol. The molecule has 7 atom stereocenters. The van der Waals surface area contributed by atoms with Gasteiger partial charge < -0.3 is 15.3 Å². The standard InChI is InChI=1S/C15H24N2O2/c18-15(19)13-9-1-2-10(7-9)14(13)16-12-4-6-17-5-3-11(12)8-17/h9-14,16H,1-8H2,(H,18,19). The third-order valence-electron chi connectivity index (χ3n) is 6.24. The van der Waals surface area contributed by atoms with Crippen molar-refractivity contribution < 1.29 is 9.90 Å². The maximum Gasteiger partial charge on any atom is 0.308 e. The molecule has 2 saturated carbocycles. The molecule has 0 aromatic carbocycles. The molecule has 4 bridgehead atoms. The van der Waals surface area contributed by atoms with E-state index in [4.69, 9.17) is 0 Å². The van der Waals surface area contributed by atoms with Crippen molar-refractivity contribution in [3.63, 3.8) is 0 Å². The van der Waals surface area contributed by atoms with E-state index >= 15 is 0 Å². The molecule has 2 aliphatic heterocycles. The SMILES string of the molecule is O=C(O)C1C2CCC(C2)C1NC1CCN2CCC1C2. The van der Waals surface area contributed by atoms with Crippen LogP contribution < -0.4 is 5.32 Å². The topological polar surface area (TPSA) is 52.6 Å². The fourth-order valence-electron chi connectivity index (χ4n) is 5.30. The Balaban J connectivity index is 1.48. The summed E-state index contributed by atoms with van der Waals surface area (Å²) in [4.78, 5) is 14.1. The lowest BCUT2D eigenvalue weighted by atomic mass is 9.82. The van der Waals surface area contributed by atoms with E-state index in [0.717, 1.165) is 18.8 Å². The van der Waals surface area contributed by atoms with Gasteiger partial charge in [0.05, 0.1) is 5.92 Å². The zero-order valence-electron chi connectivity index (χ0n) is 11.4. The van der Waals surface area contributed by atoms with Crippen molar-refractivity contribution in [2.75, 3.05) is 19.6 Å². The van der Waals surface area contributed by atoms with Gasteiger partial charge in [0.25, 0.3) is 0 Å². The monoisotopic (exact) mass is 264 g/mol. The lowest BCUT2D eigenvalue weighted by Gasteiger charge is -2.37. The largest absolute Gasteiger partial charge is 0.481 e. The first-order chi connectivity index (χ1) is 9.22. The van der Waals surface area contributed by atoms with E-state index in [0.29, 0.717) is 17.9 Å². The van der Waals surface area contributed by atoms with Crippen molar-refractivity contribution in [1.82, 2.24) is 10.2 Å². The summed E-state index contributed by atoms with van der Waals surface area (Å²) in [5.74, 6) is 1.17. The molecular formula is C15H24N2O2. The van der Waals surface area contributed by atoms with Gasteiger partial charge in [0.15, 0.2) is 0 Å². The molecule has 0 radical (unpaired) electrons. The molecule has 4 aliphatic rings. The Bertz CT molecular complexity index is 386. The molecule has 106 valence electrons. The number of hydrogen-bond donors (Lipinski definition) is 2. The predicted octanol–water partition coefficient (Wildman–Crippen LogP) is 1.17. The molecule has 0 aromatic rings. The number of carbonyl (C=O) groups is 1. The van der Waals surface area contributed by atoms with Gasteiger partial charge >= 0.3 is 5.97 Å². The number of nitrogens with zero attached hydrogens (tertiary/aromatic N) is 1. The number of carboxylic acid groups (broad SMARTS) is 1. The van der Waals surface area contributed by atoms with Crippen molar-refractivity contribution in [1.29, 1.82) is 0 Å². The lowest BCUT2D eigenvalue weighted by molar-refractivity contribution is -0.144. The van der Waals surface area contributed by atoms with Gasteiger partial charge in [0, 0.05) is 18.6 Å². The Morgan fingerprint density at radius 3 is 2.68 bits per heavy atom. The molecule has 2 saturated heterocycles. The molecule has 4 heteroatoms. The number of rotatable bonds is 3. The van der Waals surface area contributed by atoms with Crippen LogP contribution in [0, 0.1) is 23.7 Å². The van der Waals surface area contributed by atoms with E-state index < -0.39 is 5.97 Å². The highest BCUT2D eigenvalue weighted by atomic mass is 16.4. The number of piperidine rings is 1. The van der Waals surface area contributed by atoms with Gasteiger partial charge in [0.2, 0.25) is 0 Å². The predicted molar refractivity (Wildman–Crippen MR) is 71.8 cm³/mol. The van der Waals surface area contributed by atoms with Crippen LogP contribution in [0.15, 0.2) is 0 Å². The quantitative estimate of drug-likeness (QED) is 0.803. The van der Waals surface area contributed by atoms with Crippen LogP contribution in [0.2, 0.25) is 0 Å². The first-order valence-electron chi connectivity index (χ1n) is 7.93.